The largest absolute Gasteiger partial charge is 0.384 e. The average Bonchev–Trinajstić information content (AvgIpc) is 2.63. The van der Waals surface area contributed by atoms with E-state index in [1.165, 1.54) is 13.2 Å². The SMILES string of the molecule is CO[C@@H]1CS(=O)(=O)C[C@H]1NC(=O)c1cccc(N)n1. The monoisotopic (exact) mass is 285 g/mol. The number of anilines is 1. The van der Waals surface area contributed by atoms with E-state index in [1.54, 1.807) is 12.1 Å². The fourth-order valence-electron chi connectivity index (χ4n) is 2.00. The van der Waals surface area contributed by atoms with Crippen molar-refractivity contribution in [1.82, 2.24) is 10.3 Å². The number of nitrogens with one attached hydrogen (secondary N) is 1. The lowest BCUT2D eigenvalue weighted by molar-refractivity contribution is 0.0783. The number of carbonyl (C=O) groups is 1. The van der Waals surface area contributed by atoms with Crippen LogP contribution in [0.5, 0.6) is 0 Å². The van der Waals surface area contributed by atoms with Gasteiger partial charge in [-0.15, -0.1) is 0 Å². The number of pyridine rings is 1. The van der Waals surface area contributed by atoms with Gasteiger partial charge in [-0.1, -0.05) is 6.07 Å². The average molecular weight is 285 g/mol. The number of methoxy groups -OCH3 is 1. The summed E-state index contributed by atoms with van der Waals surface area (Å²) in [6, 6.07) is 4.12. The number of amides is 1. The second kappa shape index (κ2) is 5.14. The smallest absolute Gasteiger partial charge is 0.270 e. The fourth-order valence-corrected chi connectivity index (χ4v) is 3.85. The lowest BCUT2D eigenvalue weighted by Crippen LogP contribution is -2.43. The third kappa shape index (κ3) is 3.21. The zero-order valence-electron chi connectivity index (χ0n) is 10.4. The van der Waals surface area contributed by atoms with E-state index in [4.69, 9.17) is 10.5 Å². The standard InChI is InChI=1S/C11H15N3O4S/c1-18-9-6-19(16,17)5-8(9)14-11(15)7-3-2-4-10(12)13-7/h2-4,8-9H,5-6H2,1H3,(H2,12,13)(H,14,15)/t8-,9-/m1/s1. The Bertz CT molecular complexity index is 587. The van der Waals surface area contributed by atoms with Crippen molar-refractivity contribution in [3.05, 3.63) is 23.9 Å². The highest BCUT2D eigenvalue weighted by atomic mass is 32.2. The van der Waals surface area contributed by atoms with Crippen molar-refractivity contribution >= 4 is 21.6 Å². The summed E-state index contributed by atoms with van der Waals surface area (Å²) in [7, 11) is -1.76. The molecule has 19 heavy (non-hydrogen) atoms. The first-order valence-corrected chi connectivity index (χ1v) is 7.50. The third-order valence-corrected chi connectivity index (χ3v) is 4.63. The number of aromatic nitrogens is 1. The van der Waals surface area contributed by atoms with Gasteiger partial charge in [-0.25, -0.2) is 13.4 Å². The van der Waals surface area contributed by atoms with Gasteiger partial charge in [-0.2, -0.15) is 0 Å². The van der Waals surface area contributed by atoms with Gasteiger partial charge in [0.05, 0.1) is 23.7 Å². The first kappa shape index (κ1) is 13.8. The van der Waals surface area contributed by atoms with E-state index in [-0.39, 0.29) is 23.0 Å². The summed E-state index contributed by atoms with van der Waals surface area (Å²) in [5, 5.41) is 2.62. The quantitative estimate of drug-likeness (QED) is 0.752. The summed E-state index contributed by atoms with van der Waals surface area (Å²) < 4.78 is 28.1. The molecule has 7 nitrogen and oxygen atoms in total. The van der Waals surface area contributed by atoms with E-state index in [1.807, 2.05) is 0 Å². The highest BCUT2D eigenvalue weighted by Crippen LogP contribution is 2.15. The minimum absolute atomic E-state index is 0.0845. The predicted octanol–water partition coefficient (Wildman–Crippen LogP) is -0.794. The molecule has 0 bridgehead atoms. The molecule has 104 valence electrons. The van der Waals surface area contributed by atoms with Crippen molar-refractivity contribution in [2.75, 3.05) is 24.3 Å². The van der Waals surface area contributed by atoms with Crippen LogP contribution in [0.1, 0.15) is 10.5 Å². The Labute approximate surface area is 111 Å². The maximum atomic E-state index is 11.9. The highest BCUT2D eigenvalue weighted by Gasteiger charge is 2.38. The molecule has 2 heterocycles. The number of rotatable bonds is 3. The van der Waals surface area contributed by atoms with Gasteiger partial charge in [0.2, 0.25) is 0 Å². The van der Waals surface area contributed by atoms with Gasteiger partial charge in [-0.3, -0.25) is 4.79 Å². The van der Waals surface area contributed by atoms with Crippen molar-refractivity contribution < 1.29 is 17.9 Å². The van der Waals surface area contributed by atoms with Crippen LogP contribution in [0.15, 0.2) is 18.2 Å². The number of nitrogens with two attached hydrogens (primary N) is 1. The van der Waals surface area contributed by atoms with Gasteiger partial charge in [-0.05, 0) is 12.1 Å². The van der Waals surface area contributed by atoms with E-state index in [0.29, 0.717) is 0 Å². The molecule has 1 fully saturated rings. The van der Waals surface area contributed by atoms with Gasteiger partial charge < -0.3 is 15.8 Å². The Morgan fingerprint density at radius 1 is 1.47 bits per heavy atom. The van der Waals surface area contributed by atoms with Crippen LogP contribution in [-0.2, 0) is 14.6 Å². The zero-order chi connectivity index (χ0) is 14.0. The van der Waals surface area contributed by atoms with E-state index >= 15 is 0 Å². The molecule has 1 aliphatic heterocycles. The summed E-state index contributed by atoms with van der Waals surface area (Å²) in [5.41, 5.74) is 5.64. The summed E-state index contributed by atoms with van der Waals surface area (Å²) in [6.45, 7) is 0. The van der Waals surface area contributed by atoms with Crippen LogP contribution in [0.25, 0.3) is 0 Å². The first-order chi connectivity index (χ1) is 8.91. The molecule has 2 rings (SSSR count). The van der Waals surface area contributed by atoms with Crippen LogP contribution in [0, 0.1) is 0 Å². The van der Waals surface area contributed by atoms with Crippen molar-refractivity contribution in [2.45, 2.75) is 12.1 Å². The third-order valence-electron chi connectivity index (χ3n) is 2.92. The number of ether oxygens (including phenoxy) is 1. The molecule has 0 saturated carbocycles. The summed E-state index contributed by atoms with van der Waals surface area (Å²) in [4.78, 5) is 15.8. The summed E-state index contributed by atoms with van der Waals surface area (Å²) in [6.07, 6.45) is -0.532. The molecule has 3 N–H and O–H groups in total. The van der Waals surface area contributed by atoms with Crippen LogP contribution in [-0.4, -0.2) is 50.1 Å². The molecule has 0 radical (unpaired) electrons. The van der Waals surface area contributed by atoms with Gasteiger partial charge in [0.1, 0.15) is 11.5 Å². The maximum absolute atomic E-state index is 11.9. The first-order valence-electron chi connectivity index (χ1n) is 5.68. The van der Waals surface area contributed by atoms with Crippen molar-refractivity contribution in [2.24, 2.45) is 0 Å². The molecule has 8 heteroatoms. The molecule has 0 aliphatic carbocycles. The van der Waals surface area contributed by atoms with Gasteiger partial charge >= 0.3 is 0 Å². The Hall–Kier alpha value is -1.67. The number of hydrogen-bond acceptors (Lipinski definition) is 6. The van der Waals surface area contributed by atoms with Gasteiger partial charge in [0.25, 0.3) is 5.91 Å². The number of carbonyl (C=O) groups excluding carboxylic acids is 1. The van der Waals surface area contributed by atoms with Crippen LogP contribution in [0.4, 0.5) is 5.82 Å². The number of nitrogen functional groups attached to an aromatic ring is 1. The molecule has 1 aromatic heterocycles. The Kier molecular flexibility index (Phi) is 3.72. The molecular formula is C11H15N3O4S. The van der Waals surface area contributed by atoms with Crippen molar-refractivity contribution in [3.8, 4) is 0 Å². The zero-order valence-corrected chi connectivity index (χ0v) is 11.2. The number of nitrogens with zero attached hydrogens (tertiary/aromatic N) is 1. The van der Waals surface area contributed by atoms with Crippen LogP contribution >= 0.6 is 0 Å². The minimum atomic E-state index is -3.18. The van der Waals surface area contributed by atoms with Gasteiger partial charge in [0.15, 0.2) is 9.84 Å². The molecule has 1 amide bonds. The fraction of sp³-hybridized carbons (Fsp3) is 0.455. The topological polar surface area (TPSA) is 111 Å². The molecule has 0 spiro atoms. The lowest BCUT2D eigenvalue weighted by Gasteiger charge is -2.17. The molecule has 2 atom stereocenters. The summed E-state index contributed by atoms with van der Waals surface area (Å²) in [5.74, 6) is -0.440. The number of sulfone groups is 1. The molecule has 0 aromatic carbocycles. The minimum Gasteiger partial charge on any atom is -0.384 e. The lowest BCUT2D eigenvalue weighted by atomic mass is 10.2. The molecule has 1 aromatic rings. The van der Waals surface area contributed by atoms with Gasteiger partial charge in [0, 0.05) is 7.11 Å². The second-order valence-corrected chi connectivity index (χ2v) is 6.53. The second-order valence-electron chi connectivity index (χ2n) is 4.38. The highest BCUT2D eigenvalue weighted by molar-refractivity contribution is 7.91. The van der Waals surface area contributed by atoms with E-state index < -0.39 is 27.9 Å². The van der Waals surface area contributed by atoms with Crippen LogP contribution in [0.3, 0.4) is 0 Å². The van der Waals surface area contributed by atoms with E-state index in [0.717, 1.165) is 0 Å². The predicted molar refractivity (Wildman–Crippen MR) is 69.4 cm³/mol. The Morgan fingerprint density at radius 2 is 2.21 bits per heavy atom. The Balaban J connectivity index is 2.11. The van der Waals surface area contributed by atoms with E-state index in [9.17, 15) is 13.2 Å². The molecular weight excluding hydrogens is 270 g/mol. The van der Waals surface area contributed by atoms with E-state index in [2.05, 4.69) is 10.3 Å². The van der Waals surface area contributed by atoms with Crippen molar-refractivity contribution in [3.63, 3.8) is 0 Å². The molecule has 0 unspecified atom stereocenters. The number of hydrogen-bond donors (Lipinski definition) is 2. The molecule has 1 saturated heterocycles. The van der Waals surface area contributed by atoms with Crippen LogP contribution in [0.2, 0.25) is 0 Å². The summed E-state index contributed by atoms with van der Waals surface area (Å²) >= 11 is 0. The maximum Gasteiger partial charge on any atom is 0.270 e. The van der Waals surface area contributed by atoms with Crippen LogP contribution < -0.4 is 11.1 Å². The molecule has 1 aliphatic rings. The Morgan fingerprint density at radius 3 is 2.84 bits per heavy atom. The normalized spacial score (nSPS) is 25.1. The van der Waals surface area contributed by atoms with Crippen molar-refractivity contribution in [1.29, 1.82) is 0 Å².